The average Bonchev–Trinajstić information content (AvgIpc) is 3.04. The third kappa shape index (κ3) is 3.64. The highest BCUT2D eigenvalue weighted by molar-refractivity contribution is 7.89. The number of rotatable bonds is 4. The minimum Gasteiger partial charge on any atom is -0.497 e. The quantitative estimate of drug-likeness (QED) is 0.811. The van der Waals surface area contributed by atoms with Crippen molar-refractivity contribution in [3.8, 4) is 5.75 Å². The van der Waals surface area contributed by atoms with Crippen LogP contribution in [0.3, 0.4) is 0 Å². The van der Waals surface area contributed by atoms with Crippen molar-refractivity contribution in [2.45, 2.75) is 42.8 Å². The van der Waals surface area contributed by atoms with E-state index >= 15 is 0 Å². The number of alkyl halides is 1. The topological polar surface area (TPSA) is 66.9 Å². The van der Waals surface area contributed by atoms with Crippen LogP contribution in [0, 0.1) is 0 Å². The van der Waals surface area contributed by atoms with Crippen LogP contribution < -0.4 is 4.74 Å². The molecule has 0 saturated carbocycles. The van der Waals surface area contributed by atoms with E-state index in [1.165, 1.54) is 31.4 Å². The van der Waals surface area contributed by atoms with E-state index in [4.69, 9.17) is 4.74 Å². The number of likely N-dealkylation sites (tertiary alicyclic amines) is 1. The monoisotopic (exact) mass is 370 g/mol. The molecule has 138 valence electrons. The molecule has 1 amide bonds. The molecule has 1 aromatic rings. The van der Waals surface area contributed by atoms with E-state index in [1.54, 1.807) is 4.90 Å². The van der Waals surface area contributed by atoms with Crippen LogP contribution in [0.25, 0.3) is 0 Å². The summed E-state index contributed by atoms with van der Waals surface area (Å²) in [6.45, 7) is 0.948. The fourth-order valence-corrected chi connectivity index (χ4v) is 5.07. The molecule has 2 fully saturated rings. The summed E-state index contributed by atoms with van der Waals surface area (Å²) in [7, 11) is -2.45. The number of amides is 1. The molecule has 3 rings (SSSR count). The molecule has 0 radical (unpaired) electrons. The number of hydrogen-bond acceptors (Lipinski definition) is 4. The maximum Gasteiger partial charge on any atom is 0.243 e. The largest absolute Gasteiger partial charge is 0.497 e. The van der Waals surface area contributed by atoms with Crippen molar-refractivity contribution in [1.82, 2.24) is 9.21 Å². The lowest BCUT2D eigenvalue weighted by atomic mass is 10.1. The highest BCUT2D eigenvalue weighted by Crippen LogP contribution is 2.30. The number of sulfonamides is 1. The average molecular weight is 370 g/mol. The lowest BCUT2D eigenvalue weighted by molar-refractivity contribution is -0.135. The number of carbonyl (C=O) groups excluding carboxylic acids is 1. The van der Waals surface area contributed by atoms with Crippen molar-refractivity contribution in [1.29, 1.82) is 0 Å². The molecule has 8 heteroatoms. The summed E-state index contributed by atoms with van der Waals surface area (Å²) in [6, 6.07) is 4.96. The fraction of sp³-hybridized carbons (Fsp3) is 0.588. The van der Waals surface area contributed by atoms with Gasteiger partial charge in [0.05, 0.1) is 12.0 Å². The van der Waals surface area contributed by atoms with Crippen molar-refractivity contribution in [3.05, 3.63) is 24.3 Å². The number of piperidine rings is 1. The SMILES string of the molecule is COc1ccc(S(=O)(=O)N2C[C@@H](F)C[C@H]2C(=O)N2CCCCC2)cc1. The van der Waals surface area contributed by atoms with E-state index in [2.05, 4.69) is 0 Å². The Balaban J connectivity index is 1.85. The van der Waals surface area contributed by atoms with Crippen LogP contribution in [0.2, 0.25) is 0 Å². The molecule has 2 atom stereocenters. The van der Waals surface area contributed by atoms with Crippen molar-refractivity contribution in [2.75, 3.05) is 26.7 Å². The normalized spacial score (nSPS) is 25.1. The van der Waals surface area contributed by atoms with E-state index in [9.17, 15) is 17.6 Å². The zero-order chi connectivity index (χ0) is 18.0. The highest BCUT2D eigenvalue weighted by Gasteiger charge is 2.45. The first-order valence-electron chi connectivity index (χ1n) is 8.52. The Bertz CT molecular complexity index is 717. The minimum atomic E-state index is -3.94. The summed E-state index contributed by atoms with van der Waals surface area (Å²) < 4.78 is 45.9. The first kappa shape index (κ1) is 18.1. The summed E-state index contributed by atoms with van der Waals surface area (Å²) in [6.07, 6.45) is 1.47. The van der Waals surface area contributed by atoms with Gasteiger partial charge in [-0.25, -0.2) is 12.8 Å². The van der Waals surface area contributed by atoms with Gasteiger partial charge in [-0.1, -0.05) is 0 Å². The first-order chi connectivity index (χ1) is 11.9. The second-order valence-electron chi connectivity index (χ2n) is 6.48. The predicted molar refractivity (Wildman–Crippen MR) is 90.6 cm³/mol. The van der Waals surface area contributed by atoms with Crippen LogP contribution in [-0.2, 0) is 14.8 Å². The molecular formula is C17H23FN2O4S. The van der Waals surface area contributed by atoms with Crippen molar-refractivity contribution < 1.29 is 22.3 Å². The summed E-state index contributed by atoms with van der Waals surface area (Å²) in [5.41, 5.74) is 0. The number of benzene rings is 1. The van der Waals surface area contributed by atoms with E-state index < -0.39 is 22.2 Å². The lowest BCUT2D eigenvalue weighted by Crippen LogP contribution is -2.49. The summed E-state index contributed by atoms with van der Waals surface area (Å²) in [5.74, 6) is 0.251. The van der Waals surface area contributed by atoms with Gasteiger partial charge in [-0.15, -0.1) is 0 Å². The van der Waals surface area contributed by atoms with Gasteiger partial charge in [0.1, 0.15) is 18.0 Å². The molecule has 0 aliphatic carbocycles. The Hall–Kier alpha value is -1.67. The van der Waals surface area contributed by atoms with Gasteiger partial charge in [-0.2, -0.15) is 4.31 Å². The molecule has 0 bridgehead atoms. The van der Waals surface area contributed by atoms with Crippen LogP contribution in [0.15, 0.2) is 29.2 Å². The highest BCUT2D eigenvalue weighted by atomic mass is 32.2. The molecular weight excluding hydrogens is 347 g/mol. The Morgan fingerprint density at radius 3 is 2.40 bits per heavy atom. The van der Waals surface area contributed by atoms with Crippen LogP contribution in [0.4, 0.5) is 4.39 Å². The van der Waals surface area contributed by atoms with Crippen molar-refractivity contribution in [2.24, 2.45) is 0 Å². The molecule has 2 aliphatic heterocycles. The molecule has 6 nitrogen and oxygen atoms in total. The minimum absolute atomic E-state index is 0.0406. The molecule has 2 heterocycles. The standard InChI is InChI=1S/C17H23FN2O4S/c1-24-14-5-7-15(8-6-14)25(22,23)20-12-13(18)11-16(20)17(21)19-9-3-2-4-10-19/h5-8,13,16H,2-4,9-12H2,1H3/t13-,16-/m0/s1. The summed E-state index contributed by atoms with van der Waals surface area (Å²) in [4.78, 5) is 14.5. The number of ether oxygens (including phenoxy) is 1. The van der Waals surface area contributed by atoms with E-state index in [1.807, 2.05) is 0 Å². The number of hydrogen-bond donors (Lipinski definition) is 0. The molecule has 0 unspecified atom stereocenters. The van der Waals surface area contributed by atoms with Gasteiger partial charge in [-0.3, -0.25) is 4.79 Å². The lowest BCUT2D eigenvalue weighted by Gasteiger charge is -2.32. The smallest absolute Gasteiger partial charge is 0.243 e. The van der Waals surface area contributed by atoms with Gasteiger partial charge in [-0.05, 0) is 43.5 Å². The predicted octanol–water partition coefficient (Wildman–Crippen LogP) is 1.81. The van der Waals surface area contributed by atoms with E-state index in [0.717, 1.165) is 23.6 Å². The Kier molecular flexibility index (Phi) is 5.29. The van der Waals surface area contributed by atoms with Crippen molar-refractivity contribution in [3.63, 3.8) is 0 Å². The molecule has 0 N–H and O–H groups in total. The Morgan fingerprint density at radius 1 is 1.16 bits per heavy atom. The van der Waals surface area contributed by atoms with E-state index in [-0.39, 0.29) is 23.8 Å². The number of carbonyl (C=O) groups is 1. The first-order valence-corrected chi connectivity index (χ1v) is 9.96. The van der Waals surface area contributed by atoms with Crippen LogP contribution in [0.1, 0.15) is 25.7 Å². The van der Waals surface area contributed by atoms with Crippen LogP contribution >= 0.6 is 0 Å². The molecule has 1 aromatic carbocycles. The van der Waals surface area contributed by atoms with Gasteiger partial charge in [0, 0.05) is 26.1 Å². The Morgan fingerprint density at radius 2 is 1.80 bits per heavy atom. The maximum atomic E-state index is 14.0. The van der Waals surface area contributed by atoms with Gasteiger partial charge in [0.2, 0.25) is 15.9 Å². The maximum absolute atomic E-state index is 14.0. The Labute approximate surface area is 147 Å². The summed E-state index contributed by atoms with van der Waals surface area (Å²) >= 11 is 0. The van der Waals surface area contributed by atoms with Gasteiger partial charge in [0.15, 0.2) is 0 Å². The van der Waals surface area contributed by atoms with E-state index in [0.29, 0.717) is 18.8 Å². The van der Waals surface area contributed by atoms with Crippen molar-refractivity contribution >= 4 is 15.9 Å². The third-order valence-corrected chi connectivity index (χ3v) is 6.71. The van der Waals surface area contributed by atoms with Gasteiger partial charge < -0.3 is 9.64 Å². The second-order valence-corrected chi connectivity index (χ2v) is 8.38. The number of halogens is 1. The molecule has 25 heavy (non-hydrogen) atoms. The second kappa shape index (κ2) is 7.29. The van der Waals surface area contributed by atoms with Crippen LogP contribution in [-0.4, -0.2) is 62.5 Å². The fourth-order valence-electron chi connectivity index (χ4n) is 3.45. The van der Waals surface area contributed by atoms with Gasteiger partial charge in [0.25, 0.3) is 0 Å². The number of nitrogens with zero attached hydrogens (tertiary/aromatic N) is 2. The third-order valence-electron chi connectivity index (χ3n) is 4.82. The molecule has 2 saturated heterocycles. The zero-order valence-electron chi connectivity index (χ0n) is 14.2. The van der Waals surface area contributed by atoms with Crippen LogP contribution in [0.5, 0.6) is 5.75 Å². The molecule has 0 aromatic heterocycles. The molecule has 0 spiro atoms. The zero-order valence-corrected chi connectivity index (χ0v) is 15.0. The molecule has 2 aliphatic rings. The van der Waals surface area contributed by atoms with Gasteiger partial charge >= 0.3 is 0 Å². The summed E-state index contributed by atoms with van der Waals surface area (Å²) in [5, 5.41) is 0. The number of methoxy groups -OCH3 is 1.